The number of benzene rings is 2. The first-order valence-electron chi connectivity index (χ1n) is 10.2. The van der Waals surface area contributed by atoms with E-state index in [9.17, 15) is 17.6 Å². The molecule has 1 N–H and O–H groups in total. The Morgan fingerprint density at radius 1 is 1.18 bits per heavy atom. The van der Waals surface area contributed by atoms with Crippen molar-refractivity contribution in [1.82, 2.24) is 9.97 Å². The highest BCUT2D eigenvalue weighted by Crippen LogP contribution is 2.31. The Balaban J connectivity index is 2.04. The molecule has 11 heteroatoms. The number of halogens is 2. The second-order valence-electron chi connectivity index (χ2n) is 7.26. The van der Waals surface area contributed by atoms with Gasteiger partial charge in [0.05, 0.1) is 37.6 Å². The predicted molar refractivity (Wildman–Crippen MR) is 127 cm³/mol. The van der Waals surface area contributed by atoms with Gasteiger partial charge >= 0.3 is 5.97 Å². The summed E-state index contributed by atoms with van der Waals surface area (Å²) in [6, 6.07) is 9.02. The van der Waals surface area contributed by atoms with Gasteiger partial charge in [-0.1, -0.05) is 24.6 Å². The first-order chi connectivity index (χ1) is 16.2. The van der Waals surface area contributed by atoms with Crippen LogP contribution >= 0.6 is 11.6 Å². The number of nitrogens with one attached hydrogen (secondary N) is 1. The summed E-state index contributed by atoms with van der Waals surface area (Å²) >= 11 is 6.21. The predicted octanol–water partition coefficient (Wildman–Crippen LogP) is 4.59. The van der Waals surface area contributed by atoms with Gasteiger partial charge in [0.25, 0.3) is 0 Å². The number of carbonyl (C=O) groups excluding carboxylic acids is 1. The number of ether oxygens (including phenoxy) is 2. The van der Waals surface area contributed by atoms with E-state index in [2.05, 4.69) is 20.0 Å². The topological polar surface area (TPSA) is 107 Å². The summed E-state index contributed by atoms with van der Waals surface area (Å²) in [5.41, 5.74) is 0.928. The molecule has 0 spiro atoms. The lowest BCUT2D eigenvalue weighted by atomic mass is 10.1. The maximum absolute atomic E-state index is 14.5. The summed E-state index contributed by atoms with van der Waals surface area (Å²) in [6.07, 6.45) is 1.39. The first-order valence-corrected chi connectivity index (χ1v) is 12.3. The van der Waals surface area contributed by atoms with Crippen molar-refractivity contribution in [3.63, 3.8) is 0 Å². The molecule has 0 bridgehead atoms. The van der Waals surface area contributed by atoms with Crippen LogP contribution in [0.3, 0.4) is 0 Å². The number of methoxy groups -OCH3 is 2. The fourth-order valence-corrected chi connectivity index (χ4v) is 4.76. The van der Waals surface area contributed by atoms with Crippen LogP contribution in [0.25, 0.3) is 11.4 Å². The number of nitrogens with zero attached hydrogens (tertiary/aromatic N) is 2. The number of anilines is 2. The molecular formula is C23H23ClFN3O5S. The van der Waals surface area contributed by atoms with Gasteiger partial charge in [0, 0.05) is 11.3 Å². The molecule has 0 atom stereocenters. The van der Waals surface area contributed by atoms with Crippen molar-refractivity contribution in [2.75, 3.05) is 25.3 Å². The van der Waals surface area contributed by atoms with E-state index in [1.54, 1.807) is 25.1 Å². The fraction of sp³-hybridized carbons (Fsp3) is 0.261. The van der Waals surface area contributed by atoms with E-state index >= 15 is 0 Å². The molecule has 0 saturated heterocycles. The van der Waals surface area contributed by atoms with Crippen LogP contribution in [-0.4, -0.2) is 44.3 Å². The van der Waals surface area contributed by atoms with Gasteiger partial charge in [-0.05, 0) is 42.3 Å². The maximum atomic E-state index is 14.5. The third-order valence-electron chi connectivity index (χ3n) is 4.85. The second-order valence-corrected chi connectivity index (χ2v) is 9.74. The molecule has 2 aromatic carbocycles. The quantitative estimate of drug-likeness (QED) is 0.419. The number of carbonyl (C=O) groups is 1. The van der Waals surface area contributed by atoms with Gasteiger partial charge in [0.1, 0.15) is 16.5 Å². The standard InChI is InChI=1S/C23H23ClFN3O5S/c1-4-9-34(30,31)20-13-26-22(15-6-8-19(32-2)17(24)10-15)28-23(20)27-16-7-5-14(18(25)12-16)11-21(29)33-3/h5-8,10,12-13H,4,9,11H2,1-3H3,(H,26,27,28). The SMILES string of the molecule is CCCS(=O)(=O)c1cnc(-c2ccc(OC)c(Cl)c2)nc1Nc1ccc(CC(=O)OC)c(F)c1. The van der Waals surface area contributed by atoms with Crippen molar-refractivity contribution in [2.24, 2.45) is 0 Å². The van der Waals surface area contributed by atoms with E-state index in [0.717, 1.165) is 6.07 Å². The van der Waals surface area contributed by atoms with Gasteiger partial charge in [0.2, 0.25) is 0 Å². The summed E-state index contributed by atoms with van der Waals surface area (Å²) < 4.78 is 49.9. The Morgan fingerprint density at radius 3 is 2.56 bits per heavy atom. The van der Waals surface area contributed by atoms with Crippen molar-refractivity contribution in [1.29, 1.82) is 0 Å². The van der Waals surface area contributed by atoms with Crippen molar-refractivity contribution in [3.05, 3.63) is 59.0 Å². The minimum absolute atomic E-state index is 0.00879. The summed E-state index contributed by atoms with van der Waals surface area (Å²) in [5.74, 6) is -0.662. The summed E-state index contributed by atoms with van der Waals surface area (Å²) in [5, 5.41) is 3.21. The molecule has 0 saturated carbocycles. The summed E-state index contributed by atoms with van der Waals surface area (Å²) in [4.78, 5) is 20.0. The third-order valence-corrected chi connectivity index (χ3v) is 7.06. The average Bonchev–Trinajstić information content (AvgIpc) is 2.80. The van der Waals surface area contributed by atoms with E-state index in [0.29, 0.717) is 22.8 Å². The van der Waals surface area contributed by atoms with Crippen LogP contribution in [0.1, 0.15) is 18.9 Å². The zero-order valence-electron chi connectivity index (χ0n) is 18.8. The molecule has 0 aliphatic rings. The van der Waals surface area contributed by atoms with Gasteiger partial charge in [0.15, 0.2) is 21.5 Å². The molecule has 8 nitrogen and oxygen atoms in total. The van der Waals surface area contributed by atoms with Crippen LogP contribution in [0.2, 0.25) is 5.02 Å². The molecule has 1 aromatic heterocycles. The highest BCUT2D eigenvalue weighted by Gasteiger charge is 2.22. The molecular weight excluding hydrogens is 485 g/mol. The third kappa shape index (κ3) is 5.81. The van der Waals surface area contributed by atoms with E-state index in [4.69, 9.17) is 16.3 Å². The molecule has 0 fully saturated rings. The molecule has 0 amide bonds. The molecule has 3 rings (SSSR count). The van der Waals surface area contributed by atoms with E-state index in [-0.39, 0.29) is 40.0 Å². The Labute approximate surface area is 202 Å². The smallest absolute Gasteiger partial charge is 0.310 e. The average molecular weight is 508 g/mol. The highest BCUT2D eigenvalue weighted by molar-refractivity contribution is 7.91. The number of hydrogen-bond acceptors (Lipinski definition) is 8. The Hall–Kier alpha value is -3.24. The summed E-state index contributed by atoms with van der Waals surface area (Å²) in [7, 11) is -0.997. The van der Waals surface area contributed by atoms with Crippen LogP contribution in [0, 0.1) is 5.82 Å². The van der Waals surface area contributed by atoms with E-state index < -0.39 is 21.6 Å². The van der Waals surface area contributed by atoms with Crippen LogP contribution in [-0.2, 0) is 25.8 Å². The largest absolute Gasteiger partial charge is 0.495 e. The fourth-order valence-electron chi connectivity index (χ4n) is 3.14. The molecule has 0 aliphatic carbocycles. The zero-order chi connectivity index (χ0) is 24.9. The Bertz CT molecular complexity index is 1320. The lowest BCUT2D eigenvalue weighted by molar-refractivity contribution is -0.139. The molecule has 0 radical (unpaired) electrons. The maximum Gasteiger partial charge on any atom is 0.310 e. The van der Waals surface area contributed by atoms with E-state index in [1.165, 1.54) is 32.5 Å². The zero-order valence-corrected chi connectivity index (χ0v) is 20.3. The van der Waals surface area contributed by atoms with Crippen molar-refractivity contribution in [2.45, 2.75) is 24.7 Å². The minimum atomic E-state index is -3.70. The van der Waals surface area contributed by atoms with Crippen LogP contribution in [0.5, 0.6) is 5.75 Å². The van der Waals surface area contributed by atoms with Gasteiger partial charge < -0.3 is 14.8 Å². The lowest BCUT2D eigenvalue weighted by Crippen LogP contribution is -2.12. The van der Waals surface area contributed by atoms with Gasteiger partial charge in [-0.2, -0.15) is 0 Å². The van der Waals surface area contributed by atoms with Gasteiger partial charge in [-0.3, -0.25) is 4.79 Å². The number of rotatable bonds is 9. The molecule has 0 unspecified atom stereocenters. The molecule has 0 aliphatic heterocycles. The van der Waals surface area contributed by atoms with Crippen molar-refractivity contribution in [3.8, 4) is 17.1 Å². The van der Waals surface area contributed by atoms with Crippen LogP contribution in [0.15, 0.2) is 47.5 Å². The summed E-state index contributed by atoms with van der Waals surface area (Å²) in [6.45, 7) is 1.74. The lowest BCUT2D eigenvalue weighted by Gasteiger charge is -2.14. The monoisotopic (exact) mass is 507 g/mol. The molecule has 34 heavy (non-hydrogen) atoms. The van der Waals surface area contributed by atoms with Crippen molar-refractivity contribution >= 4 is 38.9 Å². The molecule has 1 heterocycles. The van der Waals surface area contributed by atoms with Crippen LogP contribution in [0.4, 0.5) is 15.9 Å². The molecule has 180 valence electrons. The van der Waals surface area contributed by atoms with E-state index in [1.807, 2.05) is 0 Å². The highest BCUT2D eigenvalue weighted by atomic mass is 35.5. The molecule has 3 aromatic rings. The van der Waals surface area contributed by atoms with Gasteiger partial charge in [-0.25, -0.2) is 22.8 Å². The van der Waals surface area contributed by atoms with Gasteiger partial charge in [-0.15, -0.1) is 0 Å². The number of hydrogen-bond donors (Lipinski definition) is 1. The number of aromatic nitrogens is 2. The normalized spacial score (nSPS) is 11.2. The number of sulfone groups is 1. The van der Waals surface area contributed by atoms with Crippen molar-refractivity contribution < 1.29 is 27.1 Å². The Kier molecular flexibility index (Phi) is 8.06. The minimum Gasteiger partial charge on any atom is -0.495 e. The number of esters is 1. The van der Waals surface area contributed by atoms with Crippen LogP contribution < -0.4 is 10.1 Å². The first kappa shape index (κ1) is 25.4. The second kappa shape index (κ2) is 10.8. The Morgan fingerprint density at radius 2 is 1.94 bits per heavy atom.